The van der Waals surface area contributed by atoms with Crippen molar-refractivity contribution in [2.24, 2.45) is 0 Å². The third-order valence-electron chi connectivity index (χ3n) is 1.67. The van der Waals surface area contributed by atoms with E-state index in [1.165, 1.54) is 12.1 Å². The van der Waals surface area contributed by atoms with Crippen molar-refractivity contribution in [3.8, 4) is 0 Å². The van der Waals surface area contributed by atoms with Crippen LogP contribution in [0, 0.1) is 0 Å². The third kappa shape index (κ3) is 3.81. The summed E-state index contributed by atoms with van der Waals surface area (Å²) in [6.07, 6.45) is 1.12. The molecule has 1 aromatic rings. The zero-order chi connectivity index (χ0) is 13.1. The van der Waals surface area contributed by atoms with Crippen LogP contribution in [0.4, 0.5) is 13.2 Å². The molecule has 4 nitrogen and oxygen atoms in total. The zero-order valence-corrected chi connectivity index (χ0v) is 9.30. The van der Waals surface area contributed by atoms with Crippen LogP contribution in [-0.4, -0.2) is 29.6 Å². The van der Waals surface area contributed by atoms with Crippen LogP contribution in [0.1, 0.15) is 10.6 Å². The minimum atomic E-state index is -4.72. The second-order valence-corrected chi connectivity index (χ2v) is 3.98. The maximum absolute atomic E-state index is 12.2. The predicted octanol–water partition coefficient (Wildman–Crippen LogP) is 2.26. The number of Topliss-reactive ketones (excluding diaryl/α,β-unsaturated/α-hetero) is 1. The summed E-state index contributed by atoms with van der Waals surface area (Å²) >= 11 is -0.743. The highest BCUT2D eigenvalue weighted by molar-refractivity contribution is 8.02. The summed E-state index contributed by atoms with van der Waals surface area (Å²) in [5, 5.41) is -2.01. The molecule has 8 heteroatoms. The Bertz CT molecular complexity index is 399. The molecule has 17 heavy (non-hydrogen) atoms. The van der Waals surface area contributed by atoms with Gasteiger partial charge in [0.05, 0.1) is 13.4 Å². The van der Waals surface area contributed by atoms with E-state index in [1.807, 2.05) is 0 Å². The summed E-state index contributed by atoms with van der Waals surface area (Å²) in [4.78, 5) is 22.7. The molecule has 0 fully saturated rings. The lowest BCUT2D eigenvalue weighted by Gasteiger charge is -2.13. The Balaban J connectivity index is 2.91. The van der Waals surface area contributed by atoms with Crippen LogP contribution in [0.25, 0.3) is 0 Å². The summed E-state index contributed by atoms with van der Waals surface area (Å²) in [6, 6.07) is 2.51. The highest BCUT2D eigenvalue weighted by Gasteiger charge is 2.42. The molecular formula is C9H7F3O4S. The van der Waals surface area contributed by atoms with E-state index in [1.54, 1.807) is 0 Å². The number of carbonyl (C=O) groups excluding carboxylic acids is 2. The number of esters is 1. The topological polar surface area (TPSA) is 56.5 Å². The van der Waals surface area contributed by atoms with Crippen molar-refractivity contribution >= 4 is 23.5 Å². The van der Waals surface area contributed by atoms with Gasteiger partial charge in [-0.2, -0.15) is 13.2 Å². The first-order valence-corrected chi connectivity index (χ1v) is 5.13. The Labute approximate surface area is 98.1 Å². The fourth-order valence-corrected chi connectivity index (χ4v) is 1.68. The van der Waals surface area contributed by atoms with Crippen LogP contribution in [-0.2, 0) is 9.53 Å². The third-order valence-corrected chi connectivity index (χ3v) is 2.58. The van der Waals surface area contributed by atoms with E-state index in [-0.39, 0.29) is 5.76 Å². The number of hydrogen-bond donors (Lipinski definition) is 0. The molecule has 0 saturated carbocycles. The Morgan fingerprint density at radius 2 is 2.12 bits per heavy atom. The molecule has 0 amide bonds. The van der Waals surface area contributed by atoms with Crippen LogP contribution < -0.4 is 0 Å². The number of ketones is 1. The highest BCUT2D eigenvalue weighted by atomic mass is 32.2. The molecule has 1 atom stereocenters. The van der Waals surface area contributed by atoms with Crippen molar-refractivity contribution in [3.63, 3.8) is 0 Å². The van der Waals surface area contributed by atoms with Crippen molar-refractivity contribution in [2.75, 3.05) is 7.11 Å². The molecule has 0 aromatic carbocycles. The first-order chi connectivity index (χ1) is 7.85. The minimum Gasteiger partial charge on any atom is -0.468 e. The van der Waals surface area contributed by atoms with Crippen LogP contribution in [0.15, 0.2) is 22.8 Å². The van der Waals surface area contributed by atoms with Gasteiger partial charge < -0.3 is 9.15 Å². The van der Waals surface area contributed by atoms with Gasteiger partial charge in [0, 0.05) is 0 Å². The molecule has 1 aromatic heterocycles. The van der Waals surface area contributed by atoms with Gasteiger partial charge in [0.15, 0.2) is 11.0 Å². The number of halogens is 3. The Morgan fingerprint density at radius 3 is 2.53 bits per heavy atom. The molecule has 0 radical (unpaired) electrons. The second kappa shape index (κ2) is 5.26. The fourth-order valence-electron chi connectivity index (χ4n) is 0.997. The number of furan rings is 1. The monoisotopic (exact) mass is 268 g/mol. The molecule has 0 bridgehead atoms. The van der Waals surface area contributed by atoms with E-state index in [9.17, 15) is 22.8 Å². The van der Waals surface area contributed by atoms with Crippen LogP contribution >= 0.6 is 11.8 Å². The van der Waals surface area contributed by atoms with Crippen molar-refractivity contribution in [1.29, 1.82) is 0 Å². The average molecular weight is 268 g/mol. The molecule has 0 spiro atoms. The van der Waals surface area contributed by atoms with E-state index in [0.717, 1.165) is 13.4 Å². The molecular weight excluding hydrogens is 261 g/mol. The number of carbonyl (C=O) groups is 2. The lowest BCUT2D eigenvalue weighted by molar-refractivity contribution is -0.139. The summed E-state index contributed by atoms with van der Waals surface area (Å²) < 4.78 is 45.3. The quantitative estimate of drug-likeness (QED) is 0.476. The van der Waals surface area contributed by atoms with Gasteiger partial charge in [0.25, 0.3) is 0 Å². The van der Waals surface area contributed by atoms with E-state index < -0.39 is 34.3 Å². The Kier molecular flexibility index (Phi) is 4.22. The molecule has 1 rings (SSSR count). The molecule has 0 saturated heterocycles. The average Bonchev–Trinajstić information content (AvgIpc) is 2.76. The molecule has 0 N–H and O–H groups in total. The van der Waals surface area contributed by atoms with Crippen molar-refractivity contribution in [3.05, 3.63) is 24.2 Å². The van der Waals surface area contributed by atoms with Gasteiger partial charge >= 0.3 is 11.5 Å². The zero-order valence-electron chi connectivity index (χ0n) is 8.48. The Morgan fingerprint density at radius 1 is 1.47 bits per heavy atom. The van der Waals surface area contributed by atoms with Crippen molar-refractivity contribution in [1.82, 2.24) is 0 Å². The SMILES string of the molecule is COC(=O)C(SC(F)(F)F)C(=O)c1ccco1. The van der Waals surface area contributed by atoms with Gasteiger partial charge in [-0.05, 0) is 23.9 Å². The second-order valence-electron chi connectivity index (χ2n) is 2.81. The van der Waals surface area contributed by atoms with E-state index in [2.05, 4.69) is 9.15 Å². The fraction of sp³-hybridized carbons (Fsp3) is 0.333. The van der Waals surface area contributed by atoms with E-state index in [0.29, 0.717) is 0 Å². The maximum Gasteiger partial charge on any atom is 0.443 e. The van der Waals surface area contributed by atoms with Gasteiger partial charge in [0.2, 0.25) is 5.78 Å². The molecule has 0 aliphatic heterocycles. The molecule has 1 unspecified atom stereocenters. The van der Waals surface area contributed by atoms with Gasteiger partial charge in [-0.25, -0.2) is 0 Å². The largest absolute Gasteiger partial charge is 0.468 e. The van der Waals surface area contributed by atoms with Crippen molar-refractivity contribution < 1.29 is 31.9 Å². The number of thioether (sulfide) groups is 1. The number of methoxy groups -OCH3 is 1. The number of rotatable bonds is 4. The summed E-state index contributed by atoms with van der Waals surface area (Å²) in [5.74, 6) is -2.67. The van der Waals surface area contributed by atoms with Crippen LogP contribution in [0.5, 0.6) is 0 Å². The summed E-state index contributed by atoms with van der Waals surface area (Å²) in [5.41, 5.74) is -4.72. The summed E-state index contributed by atoms with van der Waals surface area (Å²) in [6.45, 7) is 0. The van der Waals surface area contributed by atoms with Crippen LogP contribution in [0.2, 0.25) is 0 Å². The molecule has 94 valence electrons. The number of ether oxygens (including phenoxy) is 1. The first-order valence-electron chi connectivity index (χ1n) is 4.25. The molecule has 0 aliphatic carbocycles. The first kappa shape index (κ1) is 13.6. The Hall–Kier alpha value is -1.44. The highest BCUT2D eigenvalue weighted by Crippen LogP contribution is 2.35. The van der Waals surface area contributed by atoms with Gasteiger partial charge in [-0.1, -0.05) is 0 Å². The number of alkyl halides is 3. The van der Waals surface area contributed by atoms with E-state index in [4.69, 9.17) is 0 Å². The predicted molar refractivity (Wildman–Crippen MR) is 52.5 cm³/mol. The smallest absolute Gasteiger partial charge is 0.443 e. The van der Waals surface area contributed by atoms with Crippen molar-refractivity contribution in [2.45, 2.75) is 10.8 Å². The lowest BCUT2D eigenvalue weighted by Crippen LogP contribution is -2.31. The van der Waals surface area contributed by atoms with Crippen LogP contribution in [0.3, 0.4) is 0 Å². The maximum atomic E-state index is 12.2. The minimum absolute atomic E-state index is 0.322. The standard InChI is InChI=1S/C9H7F3O4S/c1-15-8(14)7(17-9(10,11)12)6(13)5-3-2-4-16-5/h2-4,7H,1H3. The van der Waals surface area contributed by atoms with Gasteiger partial charge in [0.1, 0.15) is 0 Å². The number of hydrogen-bond acceptors (Lipinski definition) is 5. The normalized spacial score (nSPS) is 13.2. The molecule has 0 aliphatic rings. The lowest BCUT2D eigenvalue weighted by atomic mass is 10.2. The van der Waals surface area contributed by atoms with Gasteiger partial charge in [-0.15, -0.1) is 0 Å². The molecule has 1 heterocycles. The van der Waals surface area contributed by atoms with Gasteiger partial charge in [-0.3, -0.25) is 9.59 Å². The summed E-state index contributed by atoms with van der Waals surface area (Å²) in [7, 11) is 0.904. The van der Waals surface area contributed by atoms with E-state index >= 15 is 0 Å².